The zero-order valence-corrected chi connectivity index (χ0v) is 15.0. The second-order valence-electron chi connectivity index (χ2n) is 6.03. The summed E-state index contributed by atoms with van der Waals surface area (Å²) in [5, 5.41) is 12.9. The lowest BCUT2D eigenvalue weighted by molar-refractivity contribution is -0.400. The fraction of sp³-hybridized carbons (Fsp3) is 0.100. The standard InChI is InChI=1S/C20H17N3O5/c1-14(24)21-13-22-12-19(20(25)28-22)18-8-6-17(7-9-18)16-4-2-15(3-5-16)10-11-23(26)27/h2-12H,13H2,1H3,(H,21,24)/b11-10+. The Morgan fingerprint density at radius 2 is 1.68 bits per heavy atom. The molecule has 3 rings (SSSR count). The van der Waals surface area contributed by atoms with Gasteiger partial charge in [0.2, 0.25) is 12.1 Å². The van der Waals surface area contributed by atoms with Crippen molar-refractivity contribution in [2.45, 2.75) is 13.6 Å². The van der Waals surface area contributed by atoms with Crippen LogP contribution in [0.1, 0.15) is 12.5 Å². The van der Waals surface area contributed by atoms with Crippen LogP contribution in [0.25, 0.3) is 28.3 Å². The van der Waals surface area contributed by atoms with Gasteiger partial charge in [-0.05, 0) is 22.3 Å². The van der Waals surface area contributed by atoms with E-state index in [2.05, 4.69) is 5.32 Å². The Kier molecular flexibility index (Phi) is 5.50. The van der Waals surface area contributed by atoms with Gasteiger partial charge in [0.1, 0.15) is 6.67 Å². The first kappa shape index (κ1) is 18.8. The molecule has 0 saturated heterocycles. The van der Waals surface area contributed by atoms with Gasteiger partial charge in [-0.3, -0.25) is 14.9 Å². The molecule has 0 atom stereocenters. The molecule has 8 nitrogen and oxygen atoms in total. The number of nitro groups is 1. The molecule has 0 unspecified atom stereocenters. The maximum Gasteiger partial charge on any atom is 0.365 e. The normalized spacial score (nSPS) is 10.9. The average molecular weight is 379 g/mol. The molecule has 2 aromatic carbocycles. The lowest BCUT2D eigenvalue weighted by Gasteiger charge is -2.04. The maximum absolute atomic E-state index is 12.0. The third-order valence-corrected chi connectivity index (χ3v) is 4.01. The van der Waals surface area contributed by atoms with Crippen LogP contribution in [0.5, 0.6) is 0 Å². The quantitative estimate of drug-likeness (QED) is 0.523. The van der Waals surface area contributed by atoms with E-state index >= 15 is 0 Å². The van der Waals surface area contributed by atoms with Crippen LogP contribution in [-0.2, 0) is 11.5 Å². The zero-order valence-electron chi connectivity index (χ0n) is 15.0. The summed E-state index contributed by atoms with van der Waals surface area (Å²) in [5.41, 5.74) is 3.23. The molecule has 0 aliphatic heterocycles. The topological polar surface area (TPSA) is 107 Å². The number of benzene rings is 2. The summed E-state index contributed by atoms with van der Waals surface area (Å²) in [6.07, 6.45) is 3.87. The van der Waals surface area contributed by atoms with Crippen LogP contribution in [0, 0.1) is 10.1 Å². The predicted octanol–water partition coefficient (Wildman–Crippen LogP) is 3.12. The number of amides is 1. The molecule has 0 fully saturated rings. The minimum absolute atomic E-state index is 0.0832. The van der Waals surface area contributed by atoms with E-state index in [4.69, 9.17) is 4.52 Å². The molecular weight excluding hydrogens is 362 g/mol. The van der Waals surface area contributed by atoms with Gasteiger partial charge in [-0.15, -0.1) is 0 Å². The molecule has 3 aromatic rings. The van der Waals surface area contributed by atoms with Gasteiger partial charge in [0, 0.05) is 13.0 Å². The highest BCUT2D eigenvalue weighted by atomic mass is 16.6. The van der Waals surface area contributed by atoms with E-state index in [0.29, 0.717) is 11.1 Å². The summed E-state index contributed by atoms with van der Waals surface area (Å²) in [7, 11) is 0. The summed E-state index contributed by atoms with van der Waals surface area (Å²) in [5.74, 6) is -0.220. The van der Waals surface area contributed by atoms with Crippen LogP contribution in [-0.4, -0.2) is 15.6 Å². The van der Waals surface area contributed by atoms with Crippen LogP contribution in [0.4, 0.5) is 0 Å². The van der Waals surface area contributed by atoms with Crippen molar-refractivity contribution >= 4 is 12.0 Å². The molecule has 0 saturated carbocycles. The summed E-state index contributed by atoms with van der Waals surface area (Å²) < 4.78 is 6.35. The highest BCUT2D eigenvalue weighted by molar-refractivity contribution is 5.72. The molecule has 1 heterocycles. The number of rotatable bonds is 6. The van der Waals surface area contributed by atoms with Crippen molar-refractivity contribution < 1.29 is 14.2 Å². The molecule has 0 radical (unpaired) electrons. The van der Waals surface area contributed by atoms with Crippen molar-refractivity contribution in [2.24, 2.45) is 0 Å². The first-order chi connectivity index (χ1) is 13.4. The number of hydrogen-bond acceptors (Lipinski definition) is 5. The minimum atomic E-state index is -0.507. The second-order valence-corrected chi connectivity index (χ2v) is 6.03. The minimum Gasteiger partial charge on any atom is -0.336 e. The smallest absolute Gasteiger partial charge is 0.336 e. The molecule has 1 N–H and O–H groups in total. The maximum atomic E-state index is 12.0. The number of nitrogens with one attached hydrogen (secondary N) is 1. The molecule has 0 bridgehead atoms. The monoisotopic (exact) mass is 379 g/mol. The van der Waals surface area contributed by atoms with E-state index in [1.807, 2.05) is 36.4 Å². The highest BCUT2D eigenvalue weighted by Gasteiger charge is 2.10. The Morgan fingerprint density at radius 3 is 2.25 bits per heavy atom. The van der Waals surface area contributed by atoms with Crippen LogP contribution in [0.15, 0.2) is 70.2 Å². The largest absolute Gasteiger partial charge is 0.365 e. The van der Waals surface area contributed by atoms with Crippen LogP contribution < -0.4 is 10.9 Å². The van der Waals surface area contributed by atoms with Crippen LogP contribution in [0.2, 0.25) is 0 Å². The number of carbonyl (C=O) groups is 1. The molecular formula is C20H17N3O5. The van der Waals surface area contributed by atoms with Crippen LogP contribution in [0.3, 0.4) is 0 Å². The Labute approximate surface area is 159 Å². The van der Waals surface area contributed by atoms with Gasteiger partial charge in [-0.1, -0.05) is 48.5 Å². The summed E-state index contributed by atoms with van der Waals surface area (Å²) in [6.45, 7) is 1.46. The van der Waals surface area contributed by atoms with E-state index in [0.717, 1.165) is 22.9 Å². The third kappa shape index (κ3) is 4.61. The fourth-order valence-electron chi connectivity index (χ4n) is 2.61. The van der Waals surface area contributed by atoms with Crippen LogP contribution >= 0.6 is 0 Å². The van der Waals surface area contributed by atoms with Crippen molar-refractivity contribution in [3.8, 4) is 22.3 Å². The number of carbonyl (C=O) groups excluding carboxylic acids is 1. The van der Waals surface area contributed by atoms with Gasteiger partial charge in [0.15, 0.2) is 0 Å². The summed E-state index contributed by atoms with van der Waals surface area (Å²) in [6, 6.07) is 14.7. The molecule has 1 aromatic heterocycles. The van der Waals surface area contributed by atoms with Crippen molar-refractivity contribution in [1.29, 1.82) is 0 Å². The molecule has 0 aliphatic rings. The van der Waals surface area contributed by atoms with E-state index in [-0.39, 0.29) is 12.6 Å². The lowest BCUT2D eigenvalue weighted by atomic mass is 10.0. The Hall–Kier alpha value is -3.94. The first-order valence-corrected chi connectivity index (χ1v) is 8.40. The van der Waals surface area contributed by atoms with Gasteiger partial charge in [0.25, 0.3) is 0 Å². The predicted molar refractivity (Wildman–Crippen MR) is 104 cm³/mol. The molecule has 8 heteroatoms. The number of aromatic nitrogens is 1. The summed E-state index contributed by atoms with van der Waals surface area (Å²) in [4.78, 5) is 32.9. The Morgan fingerprint density at radius 1 is 1.11 bits per heavy atom. The van der Waals surface area contributed by atoms with E-state index < -0.39 is 10.5 Å². The van der Waals surface area contributed by atoms with Gasteiger partial charge in [-0.25, -0.2) is 4.79 Å². The lowest BCUT2D eigenvalue weighted by Crippen LogP contribution is -2.22. The fourth-order valence-corrected chi connectivity index (χ4v) is 2.61. The van der Waals surface area contributed by atoms with E-state index in [1.165, 1.54) is 17.7 Å². The Balaban J connectivity index is 1.77. The van der Waals surface area contributed by atoms with Gasteiger partial charge in [-0.2, -0.15) is 4.74 Å². The van der Waals surface area contributed by atoms with Gasteiger partial charge < -0.3 is 9.84 Å². The molecule has 0 aliphatic carbocycles. The van der Waals surface area contributed by atoms with E-state index in [9.17, 15) is 19.7 Å². The summed E-state index contributed by atoms with van der Waals surface area (Å²) >= 11 is 0. The third-order valence-electron chi connectivity index (χ3n) is 4.01. The Bertz CT molecular complexity index is 1080. The van der Waals surface area contributed by atoms with Crippen molar-refractivity contribution in [3.05, 3.63) is 87.0 Å². The van der Waals surface area contributed by atoms with Crippen molar-refractivity contribution in [1.82, 2.24) is 10.1 Å². The van der Waals surface area contributed by atoms with Gasteiger partial charge >= 0.3 is 5.63 Å². The van der Waals surface area contributed by atoms with Gasteiger partial charge in [0.05, 0.1) is 16.7 Å². The molecule has 1 amide bonds. The molecule has 28 heavy (non-hydrogen) atoms. The number of nitrogens with zero attached hydrogens (tertiary/aromatic N) is 2. The van der Waals surface area contributed by atoms with E-state index in [1.54, 1.807) is 18.3 Å². The highest BCUT2D eigenvalue weighted by Crippen LogP contribution is 2.24. The second kappa shape index (κ2) is 8.17. The van der Waals surface area contributed by atoms with Crippen molar-refractivity contribution in [2.75, 3.05) is 0 Å². The number of hydrogen-bond donors (Lipinski definition) is 1. The first-order valence-electron chi connectivity index (χ1n) is 8.40. The van der Waals surface area contributed by atoms with Crippen molar-refractivity contribution in [3.63, 3.8) is 0 Å². The molecule has 142 valence electrons. The zero-order chi connectivity index (χ0) is 20.1. The molecule has 0 spiro atoms. The SMILES string of the molecule is CC(=O)NCn1cc(-c2ccc(-c3ccc(/C=C/[N+](=O)[O-])cc3)cc2)c(=O)o1. The average Bonchev–Trinajstić information content (AvgIpc) is 3.06.